The van der Waals surface area contributed by atoms with Gasteiger partial charge in [-0.1, -0.05) is 28.9 Å². The van der Waals surface area contributed by atoms with Crippen LogP contribution in [0.1, 0.15) is 85.5 Å². The van der Waals surface area contributed by atoms with Crippen LogP contribution in [-0.2, 0) is 23.7 Å². The summed E-state index contributed by atoms with van der Waals surface area (Å²) in [4.78, 5) is 17.6. The number of hydrogen-bond acceptors (Lipinski definition) is 15. The first-order valence-electron chi connectivity index (χ1n) is 19.2. The second-order valence-electron chi connectivity index (χ2n) is 15.4. The van der Waals surface area contributed by atoms with Gasteiger partial charge in [-0.15, -0.1) is 0 Å². The lowest BCUT2D eigenvalue weighted by atomic mass is 9.82. The van der Waals surface area contributed by atoms with E-state index < -0.39 is 92.0 Å². The zero-order valence-corrected chi connectivity index (χ0v) is 32.5. The predicted octanol–water partition coefficient (Wildman–Crippen LogP) is -0.476. The van der Waals surface area contributed by atoms with Crippen molar-refractivity contribution in [2.24, 2.45) is 27.9 Å². The number of nitrogens with two attached hydrogens (primary N) is 4. The lowest BCUT2D eigenvalue weighted by Gasteiger charge is -2.49. The van der Waals surface area contributed by atoms with Gasteiger partial charge in [0.15, 0.2) is 12.6 Å². The minimum absolute atomic E-state index is 0.0363. The Labute approximate surface area is 320 Å². The van der Waals surface area contributed by atoms with E-state index in [1.54, 1.807) is 6.21 Å². The van der Waals surface area contributed by atoms with Gasteiger partial charge >= 0.3 is 0 Å². The first-order valence-corrected chi connectivity index (χ1v) is 19.2. The number of amides is 1. The third kappa shape index (κ3) is 13.8. The Morgan fingerprint density at radius 3 is 2.37 bits per heavy atom. The Balaban J connectivity index is 1.64. The quantitative estimate of drug-likeness (QED) is 0.0587. The van der Waals surface area contributed by atoms with Crippen LogP contribution in [0.4, 0.5) is 0 Å². The summed E-state index contributed by atoms with van der Waals surface area (Å²) in [6.07, 6.45) is 2.90. The minimum Gasteiger partial charge on any atom is -0.394 e. The molecule has 1 saturated carbocycles. The fourth-order valence-electron chi connectivity index (χ4n) is 6.93. The van der Waals surface area contributed by atoms with Crippen LogP contribution in [0.3, 0.4) is 0 Å². The van der Waals surface area contributed by atoms with Gasteiger partial charge in [0.1, 0.15) is 36.6 Å². The molecule has 2 aliphatic heterocycles. The van der Waals surface area contributed by atoms with E-state index >= 15 is 0 Å². The Morgan fingerprint density at radius 2 is 1.70 bits per heavy atom. The molecule has 3 aliphatic rings. The standard InChI is InChI=1S/C38H68N6O10/c1-22(2)7-5-8-23(3)9-6-10-24(4)13-15-43-16-14-29(47)36(50)44-28-17-27(41)33(54-37-26(40)12-11-25(19-39)51-37)32(48)34(28)53-31-18-38(42,21-46)35(49)30(20-45)52-31/h7,9,13,15,25-35,37,45-49H,5-6,8,10-12,14,16-21,39-42H2,1-4H3,(H,44,50)/b23-9+,24-13+,43-15?. The number of allylic oxidation sites excluding steroid dienone is 6. The fourth-order valence-corrected chi connectivity index (χ4v) is 6.93. The number of aliphatic hydroxyl groups excluding tert-OH is 5. The van der Waals surface area contributed by atoms with E-state index in [-0.39, 0.29) is 38.5 Å². The number of hydrogen-bond donors (Lipinski definition) is 10. The van der Waals surface area contributed by atoms with Gasteiger partial charge in [0.25, 0.3) is 0 Å². The molecule has 0 aromatic carbocycles. The van der Waals surface area contributed by atoms with Gasteiger partial charge in [0.05, 0.1) is 36.9 Å². The molecule has 1 amide bonds. The number of carbonyl (C=O) groups is 1. The fraction of sp³-hybridized carbons (Fsp3) is 0.789. The molecule has 2 saturated heterocycles. The van der Waals surface area contributed by atoms with Crippen LogP contribution in [-0.4, -0.2) is 143 Å². The molecule has 0 aromatic rings. The van der Waals surface area contributed by atoms with Crippen LogP contribution < -0.4 is 28.3 Å². The molecule has 13 atom stereocenters. The SMILES string of the molecule is CC(C)=CCC/C(C)=C/CC/C(C)=C/C=NCCC(O)C(=O)NC1CC(N)C(OC2OC(CN)CCC2N)C(O)C1OC1CC(N)(CO)C(O)C(CO)O1. The third-order valence-electron chi connectivity index (χ3n) is 10.4. The third-order valence-corrected chi connectivity index (χ3v) is 10.4. The molecule has 2 heterocycles. The van der Waals surface area contributed by atoms with Gasteiger partial charge in [-0.2, -0.15) is 0 Å². The molecule has 14 N–H and O–H groups in total. The molecular weight excluding hydrogens is 700 g/mol. The summed E-state index contributed by atoms with van der Waals surface area (Å²) >= 11 is 0. The van der Waals surface area contributed by atoms with Crippen molar-refractivity contribution in [1.82, 2.24) is 5.32 Å². The molecule has 0 radical (unpaired) electrons. The summed E-state index contributed by atoms with van der Waals surface area (Å²) < 4.78 is 24.0. The second kappa shape index (κ2) is 22.5. The van der Waals surface area contributed by atoms with E-state index in [0.717, 1.165) is 31.3 Å². The molecule has 16 heteroatoms. The number of nitrogens with one attached hydrogen (secondary N) is 1. The van der Waals surface area contributed by atoms with Gasteiger partial charge in [-0.25, -0.2) is 0 Å². The number of carbonyl (C=O) groups excluding carboxylic acids is 1. The summed E-state index contributed by atoms with van der Waals surface area (Å²) in [5, 5.41) is 55.6. The van der Waals surface area contributed by atoms with Crippen molar-refractivity contribution in [3.63, 3.8) is 0 Å². The second-order valence-corrected chi connectivity index (χ2v) is 15.4. The van der Waals surface area contributed by atoms with Crippen molar-refractivity contribution in [2.75, 3.05) is 26.3 Å². The molecule has 3 rings (SSSR count). The maximum Gasteiger partial charge on any atom is 0.249 e. The number of ether oxygens (including phenoxy) is 4. The van der Waals surface area contributed by atoms with Crippen LogP contribution in [0.2, 0.25) is 0 Å². The van der Waals surface area contributed by atoms with Crippen molar-refractivity contribution < 1.29 is 49.3 Å². The molecule has 0 aromatic heterocycles. The molecule has 3 fully saturated rings. The van der Waals surface area contributed by atoms with Crippen LogP contribution in [0.25, 0.3) is 0 Å². The van der Waals surface area contributed by atoms with E-state index in [1.165, 1.54) is 11.1 Å². The average Bonchev–Trinajstić information content (AvgIpc) is 3.13. The monoisotopic (exact) mass is 768 g/mol. The van der Waals surface area contributed by atoms with Crippen LogP contribution in [0.5, 0.6) is 0 Å². The molecule has 16 nitrogen and oxygen atoms in total. The van der Waals surface area contributed by atoms with Gasteiger partial charge in [0.2, 0.25) is 5.91 Å². The zero-order valence-electron chi connectivity index (χ0n) is 32.5. The highest BCUT2D eigenvalue weighted by atomic mass is 16.7. The van der Waals surface area contributed by atoms with Crippen LogP contribution >= 0.6 is 0 Å². The average molecular weight is 769 g/mol. The van der Waals surface area contributed by atoms with E-state index in [9.17, 15) is 30.3 Å². The molecular formula is C38H68N6O10. The van der Waals surface area contributed by atoms with E-state index in [0.29, 0.717) is 12.8 Å². The zero-order chi connectivity index (χ0) is 40.0. The number of aliphatic hydroxyl groups is 5. The van der Waals surface area contributed by atoms with E-state index in [1.807, 2.05) is 13.0 Å². The highest BCUT2D eigenvalue weighted by molar-refractivity contribution is 5.81. The number of rotatable bonds is 19. The first kappa shape index (κ1) is 46.2. The van der Waals surface area contributed by atoms with Crippen molar-refractivity contribution in [3.05, 3.63) is 34.9 Å². The summed E-state index contributed by atoms with van der Waals surface area (Å²) in [5.74, 6) is -0.721. The summed E-state index contributed by atoms with van der Waals surface area (Å²) in [6.45, 7) is 7.58. The topological polar surface area (TPSA) is 284 Å². The Kier molecular flexibility index (Phi) is 19.3. The number of nitrogens with zero attached hydrogens (tertiary/aromatic N) is 1. The highest BCUT2D eigenvalue weighted by Crippen LogP contribution is 2.33. The summed E-state index contributed by atoms with van der Waals surface area (Å²) in [7, 11) is 0. The largest absolute Gasteiger partial charge is 0.394 e. The highest BCUT2D eigenvalue weighted by Gasteiger charge is 2.51. The molecule has 1 aliphatic carbocycles. The molecule has 13 unspecified atom stereocenters. The number of aliphatic imine (C=N–C) groups is 1. The van der Waals surface area contributed by atoms with Crippen molar-refractivity contribution in [3.8, 4) is 0 Å². The lowest BCUT2D eigenvalue weighted by molar-refractivity contribution is -0.299. The summed E-state index contributed by atoms with van der Waals surface area (Å²) in [5.41, 5.74) is 27.1. The van der Waals surface area contributed by atoms with Crippen LogP contribution in [0.15, 0.2) is 39.9 Å². The van der Waals surface area contributed by atoms with Crippen molar-refractivity contribution in [2.45, 2.75) is 164 Å². The van der Waals surface area contributed by atoms with Crippen LogP contribution in [0, 0.1) is 0 Å². The predicted molar refractivity (Wildman–Crippen MR) is 205 cm³/mol. The van der Waals surface area contributed by atoms with Gasteiger partial charge in [0, 0.05) is 38.2 Å². The molecule has 310 valence electrons. The van der Waals surface area contributed by atoms with Crippen molar-refractivity contribution >= 4 is 12.1 Å². The maximum atomic E-state index is 13.3. The first-order chi connectivity index (χ1) is 25.6. The maximum absolute atomic E-state index is 13.3. The Morgan fingerprint density at radius 1 is 1.00 bits per heavy atom. The Hall–Kier alpha value is -2.16. The normalized spacial score (nSPS) is 35.9. The molecule has 54 heavy (non-hydrogen) atoms. The van der Waals surface area contributed by atoms with Gasteiger partial charge in [-0.05, 0) is 78.7 Å². The van der Waals surface area contributed by atoms with E-state index in [4.69, 9.17) is 41.9 Å². The summed E-state index contributed by atoms with van der Waals surface area (Å²) in [6, 6.07) is -2.28. The van der Waals surface area contributed by atoms with E-state index in [2.05, 4.69) is 43.2 Å². The van der Waals surface area contributed by atoms with Gasteiger partial charge in [-0.3, -0.25) is 9.79 Å². The Bertz CT molecular complexity index is 1280. The molecule has 0 bridgehead atoms. The van der Waals surface area contributed by atoms with Gasteiger partial charge < -0.3 is 72.7 Å². The minimum atomic E-state index is -1.59. The molecule has 0 spiro atoms. The van der Waals surface area contributed by atoms with Crippen molar-refractivity contribution in [1.29, 1.82) is 0 Å². The smallest absolute Gasteiger partial charge is 0.249 e. The lowest BCUT2D eigenvalue weighted by Crippen LogP contribution is -2.69.